The van der Waals surface area contributed by atoms with Crippen LogP contribution in [-0.2, 0) is 0 Å². The summed E-state index contributed by atoms with van der Waals surface area (Å²) in [5, 5.41) is 0. The average Bonchev–Trinajstić information content (AvgIpc) is 2.50. The summed E-state index contributed by atoms with van der Waals surface area (Å²) >= 11 is 0. The Morgan fingerprint density at radius 2 is 1.67 bits per heavy atom. The summed E-state index contributed by atoms with van der Waals surface area (Å²) in [4.78, 5) is 0. The molecule has 0 heteroatoms. The first-order valence-electron chi connectivity index (χ1n) is 6.73. The molecule has 0 unspecified atom stereocenters. The summed E-state index contributed by atoms with van der Waals surface area (Å²) in [7, 11) is 0. The van der Waals surface area contributed by atoms with Crippen molar-refractivity contribution in [2.24, 2.45) is 17.3 Å². The van der Waals surface area contributed by atoms with Gasteiger partial charge >= 0.3 is 0 Å². The van der Waals surface area contributed by atoms with Crippen molar-refractivity contribution in [3.8, 4) is 0 Å². The number of hydrogen-bond acceptors (Lipinski definition) is 0. The van der Waals surface area contributed by atoms with E-state index >= 15 is 0 Å². The first-order valence-corrected chi connectivity index (χ1v) is 6.73. The molecule has 0 nitrogen and oxygen atoms in total. The third-order valence-corrected chi connectivity index (χ3v) is 5.14. The molecule has 0 heterocycles. The maximum absolute atomic E-state index is 2.49. The van der Waals surface area contributed by atoms with E-state index in [2.05, 4.69) is 27.7 Å². The second-order valence-corrected chi connectivity index (χ2v) is 6.26. The molecule has 2 fully saturated rings. The summed E-state index contributed by atoms with van der Waals surface area (Å²) in [6.45, 7) is 9.57. The highest BCUT2D eigenvalue weighted by Crippen LogP contribution is 2.57. The van der Waals surface area contributed by atoms with E-state index in [0.717, 1.165) is 11.8 Å². The van der Waals surface area contributed by atoms with Gasteiger partial charge in [0.15, 0.2) is 0 Å². The Kier molecular flexibility index (Phi) is 2.96. The molecule has 0 saturated heterocycles. The van der Waals surface area contributed by atoms with Crippen LogP contribution in [0.2, 0.25) is 0 Å². The Morgan fingerprint density at radius 3 is 2.20 bits per heavy atom. The van der Waals surface area contributed by atoms with Gasteiger partial charge in [0.2, 0.25) is 0 Å². The minimum atomic E-state index is 0.630. The van der Waals surface area contributed by atoms with Crippen molar-refractivity contribution in [3.63, 3.8) is 0 Å². The van der Waals surface area contributed by atoms with E-state index in [1.165, 1.54) is 38.5 Å². The molecule has 2 aliphatic rings. The molecule has 0 aliphatic heterocycles. The number of rotatable bonds is 0. The van der Waals surface area contributed by atoms with Crippen LogP contribution < -0.4 is 0 Å². The smallest absolute Gasteiger partial charge is 0.00597 e. The lowest BCUT2D eigenvalue weighted by Crippen LogP contribution is -2.31. The summed E-state index contributed by atoms with van der Waals surface area (Å²) in [5.74, 6) is 1.91. The molecule has 15 heavy (non-hydrogen) atoms. The third-order valence-electron chi connectivity index (χ3n) is 5.14. The van der Waals surface area contributed by atoms with Crippen LogP contribution in [0.25, 0.3) is 0 Å². The first kappa shape index (κ1) is 11.2. The highest BCUT2D eigenvalue weighted by atomic mass is 14.5. The zero-order valence-corrected chi connectivity index (χ0v) is 10.9. The Hall–Kier alpha value is -0.260. The van der Waals surface area contributed by atoms with Crippen molar-refractivity contribution in [3.05, 3.63) is 11.1 Å². The fourth-order valence-electron chi connectivity index (χ4n) is 4.00. The Balaban J connectivity index is 2.27. The highest BCUT2D eigenvalue weighted by molar-refractivity contribution is 5.26. The summed E-state index contributed by atoms with van der Waals surface area (Å²) in [6.07, 6.45) is 8.68. The van der Waals surface area contributed by atoms with Crippen LogP contribution in [0, 0.1) is 17.3 Å². The molecule has 0 aromatic rings. The van der Waals surface area contributed by atoms with Gasteiger partial charge in [-0.25, -0.2) is 0 Å². The third kappa shape index (κ3) is 1.77. The standard InChI is InChI=1S/C15H26/c1-11(2)14-6-5-13(4)15(14)9-7-12(3)8-10-15/h12-13H,5-10H2,1-4H3/t12?,13-,15?/m0/s1. The lowest BCUT2D eigenvalue weighted by Gasteiger charge is -2.42. The van der Waals surface area contributed by atoms with Gasteiger partial charge in [0.1, 0.15) is 0 Å². The monoisotopic (exact) mass is 206 g/mol. The first-order chi connectivity index (χ1) is 7.06. The van der Waals surface area contributed by atoms with Crippen LogP contribution in [0.5, 0.6) is 0 Å². The highest BCUT2D eigenvalue weighted by Gasteiger charge is 2.45. The molecule has 1 atom stereocenters. The molecule has 0 N–H and O–H groups in total. The minimum Gasteiger partial charge on any atom is -0.0767 e. The van der Waals surface area contributed by atoms with Crippen molar-refractivity contribution in [2.75, 3.05) is 0 Å². The van der Waals surface area contributed by atoms with E-state index in [1.807, 2.05) is 5.57 Å². The van der Waals surface area contributed by atoms with Gasteiger partial charge in [-0.15, -0.1) is 0 Å². The molecule has 2 rings (SSSR count). The Labute approximate surface area is 95.1 Å². The summed E-state index contributed by atoms with van der Waals surface area (Å²) in [5.41, 5.74) is 4.08. The van der Waals surface area contributed by atoms with Crippen molar-refractivity contribution in [1.29, 1.82) is 0 Å². The largest absolute Gasteiger partial charge is 0.0767 e. The van der Waals surface area contributed by atoms with Crippen LogP contribution in [0.3, 0.4) is 0 Å². The predicted octanol–water partition coefficient (Wildman–Crippen LogP) is 4.95. The number of allylic oxidation sites excluding steroid dienone is 2. The predicted molar refractivity (Wildman–Crippen MR) is 66.8 cm³/mol. The van der Waals surface area contributed by atoms with E-state index in [9.17, 15) is 0 Å². The van der Waals surface area contributed by atoms with E-state index in [-0.39, 0.29) is 0 Å². The molecule has 2 aliphatic carbocycles. The Morgan fingerprint density at radius 1 is 1.07 bits per heavy atom. The maximum atomic E-state index is 2.49. The topological polar surface area (TPSA) is 0 Å². The molecule has 0 radical (unpaired) electrons. The average molecular weight is 206 g/mol. The molecule has 86 valence electrons. The van der Waals surface area contributed by atoms with Gasteiger partial charge in [-0.2, -0.15) is 0 Å². The quantitative estimate of drug-likeness (QED) is 0.492. The molecule has 2 saturated carbocycles. The molecule has 0 aromatic heterocycles. The SMILES string of the molecule is CC(C)=C1CC[C@H](C)C12CCC(C)CC2. The Bertz CT molecular complexity index is 260. The van der Waals surface area contributed by atoms with Crippen LogP contribution >= 0.6 is 0 Å². The van der Waals surface area contributed by atoms with Crippen molar-refractivity contribution in [1.82, 2.24) is 0 Å². The molecule has 1 spiro atoms. The lowest BCUT2D eigenvalue weighted by molar-refractivity contribution is 0.150. The summed E-state index contributed by atoms with van der Waals surface area (Å²) < 4.78 is 0. The van der Waals surface area contributed by atoms with Gasteiger partial charge in [-0.3, -0.25) is 0 Å². The fourth-order valence-corrected chi connectivity index (χ4v) is 4.00. The van der Waals surface area contributed by atoms with Crippen molar-refractivity contribution < 1.29 is 0 Å². The minimum absolute atomic E-state index is 0.630. The lowest BCUT2D eigenvalue weighted by atomic mass is 9.63. The van der Waals surface area contributed by atoms with Gasteiger partial charge in [-0.1, -0.05) is 25.0 Å². The van der Waals surface area contributed by atoms with Gasteiger partial charge in [0.05, 0.1) is 0 Å². The van der Waals surface area contributed by atoms with Crippen LogP contribution in [-0.4, -0.2) is 0 Å². The van der Waals surface area contributed by atoms with Crippen LogP contribution in [0.4, 0.5) is 0 Å². The summed E-state index contributed by atoms with van der Waals surface area (Å²) in [6, 6.07) is 0. The van der Waals surface area contributed by atoms with Crippen molar-refractivity contribution in [2.45, 2.75) is 66.2 Å². The van der Waals surface area contributed by atoms with Crippen molar-refractivity contribution >= 4 is 0 Å². The van der Waals surface area contributed by atoms with Gasteiger partial charge < -0.3 is 0 Å². The molecular formula is C15H26. The van der Waals surface area contributed by atoms with E-state index in [4.69, 9.17) is 0 Å². The molecule has 0 bridgehead atoms. The zero-order valence-electron chi connectivity index (χ0n) is 10.9. The fraction of sp³-hybridized carbons (Fsp3) is 0.867. The van der Waals surface area contributed by atoms with Gasteiger partial charge in [-0.05, 0) is 69.6 Å². The van der Waals surface area contributed by atoms with Gasteiger partial charge in [0, 0.05) is 0 Å². The maximum Gasteiger partial charge on any atom is -0.00597 e. The number of hydrogen-bond donors (Lipinski definition) is 0. The van der Waals surface area contributed by atoms with Crippen LogP contribution in [0.1, 0.15) is 66.2 Å². The second kappa shape index (κ2) is 3.96. The van der Waals surface area contributed by atoms with E-state index in [0.29, 0.717) is 5.41 Å². The molecule has 0 aromatic carbocycles. The normalized spacial score (nSPS) is 41.2. The van der Waals surface area contributed by atoms with E-state index < -0.39 is 0 Å². The van der Waals surface area contributed by atoms with Crippen LogP contribution in [0.15, 0.2) is 11.1 Å². The van der Waals surface area contributed by atoms with E-state index in [1.54, 1.807) is 5.57 Å². The second-order valence-electron chi connectivity index (χ2n) is 6.26. The zero-order chi connectivity index (χ0) is 11.1. The molecule has 0 amide bonds. The molecular weight excluding hydrogens is 180 g/mol. The van der Waals surface area contributed by atoms with Gasteiger partial charge in [0.25, 0.3) is 0 Å².